The number of hydrogen-bond donors (Lipinski definition) is 2. The maximum Gasteiger partial charge on any atom is 0.334 e. The van der Waals surface area contributed by atoms with E-state index in [1.165, 1.54) is 0 Å². The van der Waals surface area contributed by atoms with Gasteiger partial charge in [-0.25, -0.2) is 4.79 Å². The highest BCUT2D eigenvalue weighted by Crippen LogP contribution is 2.48. The van der Waals surface area contributed by atoms with Crippen molar-refractivity contribution in [3.63, 3.8) is 0 Å². The summed E-state index contributed by atoms with van der Waals surface area (Å²) in [6.45, 7) is 0.436. The van der Waals surface area contributed by atoms with Gasteiger partial charge in [0.15, 0.2) is 5.75 Å². The molecular formula is C31H25Cl5N2O4. The molecule has 0 radical (unpaired) electrons. The fourth-order valence-corrected chi connectivity index (χ4v) is 5.18. The molecule has 0 aliphatic rings. The molecule has 2 unspecified atom stereocenters. The lowest BCUT2D eigenvalue weighted by Crippen LogP contribution is -2.51. The van der Waals surface area contributed by atoms with Gasteiger partial charge in [-0.1, -0.05) is 131 Å². The molecular weight excluding hydrogens is 642 g/mol. The molecule has 0 bridgehead atoms. The Labute approximate surface area is 268 Å². The minimum atomic E-state index is -1.14. The Morgan fingerprint density at radius 1 is 0.667 bits per heavy atom. The predicted molar refractivity (Wildman–Crippen MR) is 168 cm³/mol. The molecule has 6 nitrogen and oxygen atoms in total. The van der Waals surface area contributed by atoms with Crippen LogP contribution >= 0.6 is 58.0 Å². The summed E-state index contributed by atoms with van der Waals surface area (Å²) in [7, 11) is 0. The zero-order valence-electron chi connectivity index (χ0n) is 22.0. The zero-order chi connectivity index (χ0) is 30.2. The van der Waals surface area contributed by atoms with Crippen LogP contribution in [-0.2, 0) is 29.0 Å². The average molecular weight is 667 g/mol. The third-order valence-corrected chi connectivity index (χ3v) is 8.46. The van der Waals surface area contributed by atoms with E-state index in [1.807, 2.05) is 84.9 Å². The number of amides is 1. The molecule has 0 heterocycles. The van der Waals surface area contributed by atoms with Gasteiger partial charge < -0.3 is 20.5 Å². The van der Waals surface area contributed by atoms with E-state index in [0.29, 0.717) is 12.4 Å². The van der Waals surface area contributed by atoms with E-state index in [1.54, 1.807) is 0 Å². The van der Waals surface area contributed by atoms with Crippen LogP contribution in [0.15, 0.2) is 84.9 Å². The molecule has 1 amide bonds. The number of benzene rings is 4. The quantitative estimate of drug-likeness (QED) is 0.0740. The Hall–Kier alpha value is -2.97. The molecule has 0 fully saturated rings. The predicted octanol–water partition coefficient (Wildman–Crippen LogP) is 7.74. The van der Waals surface area contributed by atoms with Gasteiger partial charge in [0.25, 0.3) is 0 Å². The molecule has 218 valence electrons. The molecule has 11 heteroatoms. The van der Waals surface area contributed by atoms with E-state index in [0.717, 1.165) is 16.7 Å². The monoisotopic (exact) mass is 664 g/mol. The Balaban J connectivity index is 1.44. The SMILES string of the molecule is NC(Cc1ccc(OCc2ccccc2)cc1)C(=O)NC(Cc1ccccc1)C(=O)Oc1c(Cl)c(Cl)c(Cl)c(Cl)c1Cl. The smallest absolute Gasteiger partial charge is 0.334 e. The molecule has 0 spiro atoms. The summed E-state index contributed by atoms with van der Waals surface area (Å²) in [6, 6.07) is 24.1. The van der Waals surface area contributed by atoms with E-state index in [9.17, 15) is 9.59 Å². The fourth-order valence-electron chi connectivity index (χ4n) is 3.98. The lowest BCUT2D eigenvalue weighted by molar-refractivity contribution is -0.139. The summed E-state index contributed by atoms with van der Waals surface area (Å²) in [4.78, 5) is 26.5. The van der Waals surface area contributed by atoms with Gasteiger partial charge in [0, 0.05) is 6.42 Å². The van der Waals surface area contributed by atoms with E-state index < -0.39 is 24.0 Å². The van der Waals surface area contributed by atoms with E-state index in [2.05, 4.69) is 5.32 Å². The normalized spacial score (nSPS) is 12.3. The van der Waals surface area contributed by atoms with Crippen molar-refractivity contribution in [1.82, 2.24) is 5.32 Å². The van der Waals surface area contributed by atoms with Gasteiger partial charge in [-0.15, -0.1) is 0 Å². The van der Waals surface area contributed by atoms with Crippen molar-refractivity contribution in [1.29, 1.82) is 0 Å². The number of rotatable bonds is 11. The molecule has 4 rings (SSSR count). The second-order valence-corrected chi connectivity index (χ2v) is 11.2. The Morgan fingerprint density at radius 3 is 1.74 bits per heavy atom. The summed E-state index contributed by atoms with van der Waals surface area (Å²) in [5.41, 5.74) is 8.87. The van der Waals surface area contributed by atoms with Crippen molar-refractivity contribution in [3.05, 3.63) is 127 Å². The van der Waals surface area contributed by atoms with Crippen LogP contribution in [0.5, 0.6) is 11.5 Å². The maximum absolute atomic E-state index is 13.3. The van der Waals surface area contributed by atoms with Crippen LogP contribution in [0.3, 0.4) is 0 Å². The Kier molecular flexibility index (Phi) is 11.4. The summed E-state index contributed by atoms with van der Waals surface area (Å²) in [5.74, 6) is -0.987. The third-order valence-electron chi connectivity index (χ3n) is 6.22. The number of nitrogens with two attached hydrogens (primary N) is 1. The number of esters is 1. The molecule has 0 aromatic heterocycles. The van der Waals surface area contributed by atoms with Gasteiger partial charge in [0.2, 0.25) is 5.91 Å². The fraction of sp³-hybridized carbons (Fsp3) is 0.161. The number of ether oxygens (including phenoxy) is 2. The van der Waals surface area contributed by atoms with Gasteiger partial charge in [-0.2, -0.15) is 0 Å². The highest BCUT2D eigenvalue weighted by Gasteiger charge is 2.29. The van der Waals surface area contributed by atoms with E-state index >= 15 is 0 Å². The number of carbonyl (C=O) groups excluding carboxylic acids is 2. The van der Waals surface area contributed by atoms with E-state index in [4.69, 9.17) is 73.2 Å². The molecule has 4 aromatic rings. The first-order valence-electron chi connectivity index (χ1n) is 12.7. The summed E-state index contributed by atoms with van der Waals surface area (Å²) < 4.78 is 11.3. The molecule has 0 saturated heterocycles. The lowest BCUT2D eigenvalue weighted by atomic mass is 10.0. The van der Waals surface area contributed by atoms with Gasteiger partial charge in [0.05, 0.1) is 21.1 Å². The van der Waals surface area contributed by atoms with Crippen LogP contribution in [0, 0.1) is 0 Å². The van der Waals surface area contributed by atoms with Gasteiger partial charge in [-0.05, 0) is 35.2 Å². The molecule has 2 atom stereocenters. The van der Waals surface area contributed by atoms with Gasteiger partial charge in [-0.3, -0.25) is 4.79 Å². The highest BCUT2D eigenvalue weighted by atomic mass is 35.5. The van der Waals surface area contributed by atoms with E-state index in [-0.39, 0.29) is 43.7 Å². The van der Waals surface area contributed by atoms with Crippen molar-refractivity contribution in [2.24, 2.45) is 5.73 Å². The van der Waals surface area contributed by atoms with Crippen LogP contribution < -0.4 is 20.5 Å². The molecule has 0 saturated carbocycles. The first kappa shape index (κ1) is 32.0. The van der Waals surface area contributed by atoms with Crippen LogP contribution in [0.2, 0.25) is 25.1 Å². The first-order valence-corrected chi connectivity index (χ1v) is 14.6. The second-order valence-electron chi connectivity index (χ2n) is 9.30. The zero-order valence-corrected chi connectivity index (χ0v) is 25.7. The van der Waals surface area contributed by atoms with Crippen LogP contribution in [0.1, 0.15) is 16.7 Å². The first-order chi connectivity index (χ1) is 20.1. The largest absolute Gasteiger partial charge is 0.489 e. The van der Waals surface area contributed by atoms with Crippen LogP contribution in [-0.4, -0.2) is 24.0 Å². The third kappa shape index (κ3) is 8.32. The maximum atomic E-state index is 13.3. The average Bonchev–Trinajstić information content (AvgIpc) is 3.01. The van der Waals surface area contributed by atoms with Gasteiger partial charge in [0.1, 0.15) is 28.4 Å². The van der Waals surface area contributed by atoms with Crippen LogP contribution in [0.4, 0.5) is 0 Å². The molecule has 0 aliphatic carbocycles. The molecule has 42 heavy (non-hydrogen) atoms. The Morgan fingerprint density at radius 2 is 1.17 bits per heavy atom. The van der Waals surface area contributed by atoms with Crippen molar-refractivity contribution in [3.8, 4) is 11.5 Å². The summed E-state index contributed by atoms with van der Waals surface area (Å²) >= 11 is 30.8. The van der Waals surface area contributed by atoms with Crippen molar-refractivity contribution in [2.75, 3.05) is 0 Å². The minimum Gasteiger partial charge on any atom is -0.489 e. The summed E-state index contributed by atoms with van der Waals surface area (Å²) in [5, 5.41) is 1.97. The van der Waals surface area contributed by atoms with Crippen molar-refractivity contribution < 1.29 is 19.1 Å². The van der Waals surface area contributed by atoms with Crippen molar-refractivity contribution in [2.45, 2.75) is 31.5 Å². The summed E-state index contributed by atoms with van der Waals surface area (Å²) in [6.07, 6.45) is 0.327. The number of hydrogen-bond acceptors (Lipinski definition) is 5. The molecule has 3 N–H and O–H groups in total. The minimum absolute atomic E-state index is 0.0796. The van der Waals surface area contributed by atoms with Gasteiger partial charge >= 0.3 is 5.97 Å². The molecule has 4 aromatic carbocycles. The molecule has 0 aliphatic heterocycles. The highest BCUT2D eigenvalue weighted by molar-refractivity contribution is 6.55. The lowest BCUT2D eigenvalue weighted by Gasteiger charge is -2.21. The number of nitrogens with one attached hydrogen (secondary N) is 1. The van der Waals surface area contributed by atoms with Crippen molar-refractivity contribution >= 4 is 69.9 Å². The second kappa shape index (κ2) is 15.0. The van der Waals surface area contributed by atoms with Crippen LogP contribution in [0.25, 0.3) is 0 Å². The standard InChI is InChI=1S/C31H25Cl5N2O4/c32-24-25(33)27(35)29(28(36)26(24)34)42-31(40)23(16-18-7-3-1-4-8-18)38-30(39)22(37)15-19-11-13-21(14-12-19)41-17-20-9-5-2-6-10-20/h1-14,22-23H,15-17,37H2,(H,38,39). The number of halogens is 5. The topological polar surface area (TPSA) is 90.6 Å². The Bertz CT molecular complexity index is 1510. The number of carbonyl (C=O) groups is 2.